The number of nitrogens with zero attached hydrogens (tertiary/aromatic N) is 2. The normalized spacial score (nSPS) is 16.1. The Morgan fingerprint density at radius 3 is 2.33 bits per heavy atom. The Bertz CT molecular complexity index is 1090. The molecule has 33 heavy (non-hydrogen) atoms. The van der Waals surface area contributed by atoms with Gasteiger partial charge in [0.25, 0.3) is 0 Å². The monoisotopic (exact) mass is 471 g/mol. The fourth-order valence-electron chi connectivity index (χ4n) is 4.11. The summed E-state index contributed by atoms with van der Waals surface area (Å²) in [5.74, 6) is -2.40. The van der Waals surface area contributed by atoms with Crippen LogP contribution in [0, 0.1) is 13.8 Å². The number of likely N-dealkylation sites (N-methyl/N-ethyl adjacent to an activating group) is 1. The number of aryl methyl sites for hydroxylation is 2. The largest absolute Gasteiger partial charge is 0.868 e. The van der Waals surface area contributed by atoms with Crippen LogP contribution in [0.3, 0.4) is 0 Å². The molecule has 0 fully saturated rings. The summed E-state index contributed by atoms with van der Waals surface area (Å²) in [4.78, 5) is 45.8. The number of quaternary nitrogens is 1. The molecule has 0 aliphatic carbocycles. The van der Waals surface area contributed by atoms with Crippen LogP contribution >= 0.6 is 11.3 Å². The third kappa shape index (κ3) is 4.84. The molecule has 2 heterocycles. The van der Waals surface area contributed by atoms with Crippen molar-refractivity contribution in [1.29, 1.82) is 0 Å². The van der Waals surface area contributed by atoms with E-state index in [-0.39, 0.29) is 5.57 Å². The second-order valence-corrected chi connectivity index (χ2v) is 9.14. The molecule has 0 saturated carbocycles. The van der Waals surface area contributed by atoms with E-state index in [0.717, 1.165) is 13.1 Å². The molecule has 0 radical (unpaired) electrons. The molecule has 1 aliphatic rings. The smallest absolute Gasteiger partial charge is 0.337 e. The third-order valence-electron chi connectivity index (χ3n) is 5.99. The van der Waals surface area contributed by atoms with Crippen LogP contribution in [-0.2, 0) is 9.53 Å². The Balaban J connectivity index is 2.05. The summed E-state index contributed by atoms with van der Waals surface area (Å²) in [5.41, 5.74) is 1.42. The number of amides is 1. The number of ketones is 1. The molecular formula is C24H29N3O5S. The van der Waals surface area contributed by atoms with E-state index >= 15 is 0 Å². The van der Waals surface area contributed by atoms with Gasteiger partial charge in [-0.15, -0.1) is 11.3 Å². The predicted molar refractivity (Wildman–Crippen MR) is 122 cm³/mol. The first-order chi connectivity index (χ1) is 15.7. The lowest BCUT2D eigenvalue weighted by Gasteiger charge is -2.29. The number of rotatable bonds is 9. The maximum atomic E-state index is 13.5. The van der Waals surface area contributed by atoms with Crippen molar-refractivity contribution in [2.45, 2.75) is 33.7 Å². The second kappa shape index (κ2) is 10.3. The number of Topliss-reactive ketones (excluding diaryl/α,β-unsaturated/α-hetero) is 1. The first-order valence-corrected chi connectivity index (χ1v) is 11.8. The van der Waals surface area contributed by atoms with Gasteiger partial charge in [-0.1, -0.05) is 12.1 Å². The zero-order valence-electron chi connectivity index (χ0n) is 19.6. The molecule has 1 aliphatic heterocycles. The molecule has 0 saturated heterocycles. The molecule has 1 N–H and O–H groups in total. The average Bonchev–Trinajstić information content (AvgIpc) is 3.29. The summed E-state index contributed by atoms with van der Waals surface area (Å²) < 4.78 is 4.75. The van der Waals surface area contributed by atoms with Crippen molar-refractivity contribution >= 4 is 29.0 Å². The number of esters is 1. The number of carbonyl (C=O) groups excluding carboxylic acids is 3. The first kappa shape index (κ1) is 24.6. The van der Waals surface area contributed by atoms with Gasteiger partial charge in [-0.05, 0) is 51.2 Å². The van der Waals surface area contributed by atoms with E-state index < -0.39 is 29.5 Å². The standard InChI is InChI=1S/C24H29N3O5S/c1-6-26(7-2)12-13-27-19(16-8-10-17(11-9-16)24(31)32-5)18(21(29)23(27)30)20(28)22-14(3)25-15(4)33-22/h8-11,19,29H,6-7,12-13H2,1-5H3. The van der Waals surface area contributed by atoms with Gasteiger partial charge in [0, 0.05) is 5.57 Å². The van der Waals surface area contributed by atoms with E-state index in [2.05, 4.69) is 18.8 Å². The molecule has 0 bridgehead atoms. The number of aromatic nitrogens is 1. The number of nitrogens with one attached hydrogen (secondary N) is 1. The van der Waals surface area contributed by atoms with Crippen molar-refractivity contribution in [3.8, 4) is 0 Å². The SMILES string of the molecule is CC[NH+](CC)CCN1C(=O)C([O-])=C(C(=O)c2sc(C)nc2C)C1c1ccc(C(=O)OC)cc1. The lowest BCUT2D eigenvalue weighted by molar-refractivity contribution is -0.895. The van der Waals surface area contributed by atoms with E-state index in [1.165, 1.54) is 28.2 Å². The van der Waals surface area contributed by atoms with Gasteiger partial charge in [0.2, 0.25) is 11.7 Å². The Kier molecular flexibility index (Phi) is 7.65. The highest BCUT2D eigenvalue weighted by Crippen LogP contribution is 2.39. The Hall–Kier alpha value is -3.04. The van der Waals surface area contributed by atoms with Crippen LogP contribution < -0.4 is 10.0 Å². The van der Waals surface area contributed by atoms with E-state index in [0.29, 0.717) is 39.8 Å². The molecule has 0 spiro atoms. The molecule has 9 heteroatoms. The van der Waals surface area contributed by atoms with Gasteiger partial charge in [-0.3, -0.25) is 9.59 Å². The lowest BCUT2D eigenvalue weighted by atomic mass is 9.94. The molecule has 1 aromatic carbocycles. The van der Waals surface area contributed by atoms with E-state index in [1.807, 2.05) is 0 Å². The molecule has 3 rings (SSSR count). The van der Waals surface area contributed by atoms with E-state index in [4.69, 9.17) is 4.74 Å². The zero-order valence-corrected chi connectivity index (χ0v) is 20.4. The molecule has 1 atom stereocenters. The van der Waals surface area contributed by atoms with Crippen molar-refractivity contribution < 1.29 is 29.1 Å². The van der Waals surface area contributed by atoms with Crippen LogP contribution in [0.25, 0.3) is 0 Å². The Morgan fingerprint density at radius 1 is 1.18 bits per heavy atom. The molecular weight excluding hydrogens is 442 g/mol. The van der Waals surface area contributed by atoms with Gasteiger partial charge in [0.15, 0.2) is 0 Å². The Morgan fingerprint density at radius 2 is 1.82 bits per heavy atom. The van der Waals surface area contributed by atoms with Crippen LogP contribution in [0.4, 0.5) is 0 Å². The van der Waals surface area contributed by atoms with Crippen LogP contribution in [0.5, 0.6) is 0 Å². The summed E-state index contributed by atoms with van der Waals surface area (Å²) in [7, 11) is 1.30. The maximum Gasteiger partial charge on any atom is 0.337 e. The quantitative estimate of drug-likeness (QED) is 0.430. The average molecular weight is 472 g/mol. The summed E-state index contributed by atoms with van der Waals surface area (Å²) >= 11 is 1.22. The topological polar surface area (TPSA) is 104 Å². The summed E-state index contributed by atoms with van der Waals surface area (Å²) in [6.07, 6.45) is 0. The van der Waals surface area contributed by atoms with Gasteiger partial charge in [-0.2, -0.15) is 0 Å². The molecule has 8 nitrogen and oxygen atoms in total. The highest BCUT2D eigenvalue weighted by molar-refractivity contribution is 7.14. The fourth-order valence-corrected chi connectivity index (χ4v) is 4.99. The molecule has 176 valence electrons. The minimum Gasteiger partial charge on any atom is -0.868 e. The molecule has 1 aromatic heterocycles. The summed E-state index contributed by atoms with van der Waals surface area (Å²) in [5, 5.41) is 13.8. The maximum absolute atomic E-state index is 13.5. The number of methoxy groups -OCH3 is 1. The first-order valence-electron chi connectivity index (χ1n) is 11.0. The second-order valence-electron chi connectivity index (χ2n) is 7.94. The number of carbonyl (C=O) groups is 3. The zero-order chi connectivity index (χ0) is 24.3. The molecule has 2 aromatic rings. The van der Waals surface area contributed by atoms with Crippen molar-refractivity contribution in [3.05, 3.63) is 62.3 Å². The van der Waals surface area contributed by atoms with E-state index in [9.17, 15) is 19.5 Å². The lowest BCUT2D eigenvalue weighted by Crippen LogP contribution is -3.12. The Labute approximate surface area is 197 Å². The highest BCUT2D eigenvalue weighted by atomic mass is 32.1. The van der Waals surface area contributed by atoms with Gasteiger partial charge >= 0.3 is 5.97 Å². The van der Waals surface area contributed by atoms with Gasteiger partial charge in [0.1, 0.15) is 0 Å². The van der Waals surface area contributed by atoms with Crippen molar-refractivity contribution in [3.63, 3.8) is 0 Å². The van der Waals surface area contributed by atoms with Crippen molar-refractivity contribution in [1.82, 2.24) is 9.88 Å². The van der Waals surface area contributed by atoms with Crippen molar-refractivity contribution in [2.24, 2.45) is 0 Å². The van der Waals surface area contributed by atoms with E-state index in [1.54, 1.807) is 38.1 Å². The number of ether oxygens (including phenoxy) is 1. The molecule has 1 amide bonds. The number of thiazole rings is 1. The minimum atomic E-state index is -0.819. The minimum absolute atomic E-state index is 0.0629. The molecule has 1 unspecified atom stereocenters. The number of benzene rings is 1. The van der Waals surface area contributed by atoms with Crippen LogP contribution in [-0.4, -0.2) is 60.8 Å². The van der Waals surface area contributed by atoms with Gasteiger partial charge in [0.05, 0.1) is 60.5 Å². The fraction of sp³-hybridized carbons (Fsp3) is 0.417. The predicted octanol–water partition coefficient (Wildman–Crippen LogP) is 0.852. The number of hydrogen-bond acceptors (Lipinski definition) is 7. The van der Waals surface area contributed by atoms with Crippen LogP contribution in [0.15, 0.2) is 35.6 Å². The van der Waals surface area contributed by atoms with Crippen molar-refractivity contribution in [2.75, 3.05) is 33.3 Å². The van der Waals surface area contributed by atoms with Crippen LogP contribution in [0.2, 0.25) is 0 Å². The summed E-state index contributed by atoms with van der Waals surface area (Å²) in [6, 6.07) is 5.66. The highest BCUT2D eigenvalue weighted by Gasteiger charge is 2.40. The third-order valence-corrected chi connectivity index (χ3v) is 7.06. The number of hydrogen-bond donors (Lipinski definition) is 1. The summed E-state index contributed by atoms with van der Waals surface area (Å²) in [6.45, 7) is 10.4. The van der Waals surface area contributed by atoms with Gasteiger partial charge in [-0.25, -0.2) is 9.78 Å². The van der Waals surface area contributed by atoms with Gasteiger partial charge < -0.3 is 19.6 Å². The van der Waals surface area contributed by atoms with Crippen LogP contribution in [0.1, 0.15) is 56.2 Å².